The summed E-state index contributed by atoms with van der Waals surface area (Å²) in [6.45, 7) is 0.726. The molecule has 0 saturated carbocycles. The Bertz CT molecular complexity index is 1260. The summed E-state index contributed by atoms with van der Waals surface area (Å²) in [5, 5.41) is 31.2. The number of nitrogens with zero attached hydrogens (tertiary/aromatic N) is 5. The average molecular weight is 489 g/mol. The van der Waals surface area contributed by atoms with E-state index in [2.05, 4.69) is 25.3 Å². The molecule has 3 aromatic rings. The van der Waals surface area contributed by atoms with Crippen molar-refractivity contribution in [2.45, 2.75) is 25.1 Å². The van der Waals surface area contributed by atoms with Crippen molar-refractivity contribution in [1.82, 2.24) is 24.8 Å². The van der Waals surface area contributed by atoms with Crippen LogP contribution >= 0.6 is 0 Å². The molecule has 4 rings (SSSR count). The monoisotopic (exact) mass is 489 g/mol. The van der Waals surface area contributed by atoms with E-state index in [0.717, 1.165) is 12.3 Å². The van der Waals surface area contributed by atoms with Crippen molar-refractivity contribution in [3.05, 3.63) is 35.8 Å². The summed E-state index contributed by atoms with van der Waals surface area (Å²) in [5.41, 5.74) is -0.0977. The lowest BCUT2D eigenvalue weighted by molar-refractivity contribution is -0.143. The van der Waals surface area contributed by atoms with E-state index in [-0.39, 0.29) is 34.2 Å². The quantitative estimate of drug-likeness (QED) is 0.410. The third-order valence-electron chi connectivity index (χ3n) is 5.96. The maximum atomic E-state index is 13.2. The highest BCUT2D eigenvalue weighted by Gasteiger charge is 2.32. The number of pyridine rings is 1. The zero-order valence-corrected chi connectivity index (χ0v) is 18.4. The Morgan fingerprint density at radius 3 is 2.71 bits per heavy atom. The molecule has 1 aliphatic heterocycles. The largest absolute Gasteiger partial charge is 0.417 e. The molecule has 0 aliphatic carbocycles. The second-order valence-corrected chi connectivity index (χ2v) is 8.24. The average Bonchev–Trinajstić information content (AvgIpc) is 3.29. The maximum Gasteiger partial charge on any atom is 0.417 e. The molecule has 0 aromatic carbocycles. The van der Waals surface area contributed by atoms with Gasteiger partial charge in [0.1, 0.15) is 11.7 Å². The van der Waals surface area contributed by atoms with Gasteiger partial charge < -0.3 is 25.4 Å². The third-order valence-corrected chi connectivity index (χ3v) is 5.96. The SMILES string of the molecule is N#Cc1cnc(NCC2CCN(C(=O)C(O)CO)CC2)nc1-c1c[nH]c2ncc(C(F)(F)F)cc12. The molecule has 1 atom stereocenters. The van der Waals surface area contributed by atoms with Gasteiger partial charge in [0.25, 0.3) is 5.91 Å². The fraction of sp³-hybridized carbons (Fsp3) is 0.409. The van der Waals surface area contributed by atoms with Crippen LogP contribution in [0.1, 0.15) is 24.0 Å². The highest BCUT2D eigenvalue weighted by Crippen LogP contribution is 2.34. The summed E-state index contributed by atoms with van der Waals surface area (Å²) in [4.78, 5) is 28.7. The van der Waals surface area contributed by atoms with E-state index < -0.39 is 30.4 Å². The zero-order chi connectivity index (χ0) is 25.2. The standard InChI is InChI=1S/C22H22F3N7O3/c23-22(24,25)14-5-15-16(10-28-19(15)27-9-14)18-13(6-26)8-30-21(31-18)29-7-12-1-3-32(4-2-12)20(35)17(34)11-33/h5,8-10,12,17,33-34H,1-4,7,11H2,(H,27,28)(H,29,30,31). The molecule has 1 saturated heterocycles. The number of nitriles is 1. The van der Waals surface area contributed by atoms with Gasteiger partial charge in [-0.15, -0.1) is 0 Å². The lowest BCUT2D eigenvalue weighted by atomic mass is 9.96. The van der Waals surface area contributed by atoms with Gasteiger partial charge in [0.2, 0.25) is 5.95 Å². The summed E-state index contributed by atoms with van der Waals surface area (Å²) in [7, 11) is 0. The van der Waals surface area contributed by atoms with Gasteiger partial charge in [-0.1, -0.05) is 0 Å². The molecule has 0 radical (unpaired) electrons. The number of amides is 1. The highest BCUT2D eigenvalue weighted by atomic mass is 19.4. The summed E-state index contributed by atoms with van der Waals surface area (Å²) >= 11 is 0. The van der Waals surface area contributed by atoms with Crippen LogP contribution in [-0.2, 0) is 11.0 Å². The molecular formula is C22H22F3N7O3. The van der Waals surface area contributed by atoms with Crippen LogP contribution in [0.3, 0.4) is 0 Å². The van der Waals surface area contributed by atoms with Crippen molar-refractivity contribution >= 4 is 22.9 Å². The number of aliphatic hydroxyl groups is 2. The van der Waals surface area contributed by atoms with Gasteiger partial charge in [0.05, 0.1) is 29.6 Å². The van der Waals surface area contributed by atoms with Crippen molar-refractivity contribution in [1.29, 1.82) is 5.26 Å². The Balaban J connectivity index is 1.50. The number of nitrogens with one attached hydrogen (secondary N) is 2. The van der Waals surface area contributed by atoms with Crippen molar-refractivity contribution in [3.8, 4) is 17.3 Å². The Kier molecular flexibility index (Phi) is 6.86. The second kappa shape index (κ2) is 9.85. The Morgan fingerprint density at radius 2 is 2.06 bits per heavy atom. The number of aromatic nitrogens is 4. The molecule has 184 valence electrons. The van der Waals surface area contributed by atoms with E-state index >= 15 is 0 Å². The van der Waals surface area contributed by atoms with Gasteiger partial charge in [-0.2, -0.15) is 18.4 Å². The van der Waals surface area contributed by atoms with Crippen molar-refractivity contribution < 1.29 is 28.2 Å². The number of carbonyl (C=O) groups excluding carboxylic acids is 1. The molecule has 1 fully saturated rings. The number of H-pyrrole nitrogens is 1. The minimum atomic E-state index is -4.57. The molecule has 1 unspecified atom stereocenters. The number of alkyl halides is 3. The molecular weight excluding hydrogens is 467 g/mol. The molecule has 0 bridgehead atoms. The predicted molar refractivity (Wildman–Crippen MR) is 118 cm³/mol. The first-order valence-electron chi connectivity index (χ1n) is 10.8. The number of hydrogen-bond acceptors (Lipinski definition) is 8. The lowest BCUT2D eigenvalue weighted by Crippen LogP contribution is -2.45. The van der Waals surface area contributed by atoms with E-state index in [9.17, 15) is 28.3 Å². The number of anilines is 1. The summed E-state index contributed by atoms with van der Waals surface area (Å²) in [5.74, 6) is -0.108. The summed E-state index contributed by atoms with van der Waals surface area (Å²) in [6, 6.07) is 2.94. The Labute approximate surface area is 197 Å². The zero-order valence-electron chi connectivity index (χ0n) is 18.4. The van der Waals surface area contributed by atoms with E-state index in [1.54, 1.807) is 0 Å². The second-order valence-electron chi connectivity index (χ2n) is 8.24. The topological polar surface area (TPSA) is 151 Å². The van der Waals surface area contributed by atoms with E-state index in [0.29, 0.717) is 38.0 Å². The van der Waals surface area contributed by atoms with Crippen molar-refractivity contribution in [3.63, 3.8) is 0 Å². The van der Waals surface area contributed by atoms with Crippen molar-refractivity contribution in [2.24, 2.45) is 5.92 Å². The number of aromatic amines is 1. The third kappa shape index (κ3) is 5.18. The molecule has 13 heteroatoms. The van der Waals surface area contributed by atoms with Gasteiger partial charge in [0.15, 0.2) is 6.10 Å². The molecule has 4 heterocycles. The predicted octanol–water partition coefficient (Wildman–Crippen LogP) is 1.91. The van der Waals surface area contributed by atoms with Gasteiger partial charge in [-0.3, -0.25) is 4.79 Å². The fourth-order valence-electron chi connectivity index (χ4n) is 3.99. The van der Waals surface area contributed by atoms with Gasteiger partial charge in [0, 0.05) is 43.0 Å². The van der Waals surface area contributed by atoms with E-state index in [4.69, 9.17) is 5.11 Å². The molecule has 35 heavy (non-hydrogen) atoms. The van der Waals surface area contributed by atoms with Gasteiger partial charge in [-0.05, 0) is 24.8 Å². The van der Waals surface area contributed by atoms with E-state index in [1.807, 2.05) is 6.07 Å². The van der Waals surface area contributed by atoms with Crippen LogP contribution in [0.15, 0.2) is 24.7 Å². The minimum Gasteiger partial charge on any atom is -0.393 e. The van der Waals surface area contributed by atoms with Gasteiger partial charge >= 0.3 is 6.18 Å². The van der Waals surface area contributed by atoms with Crippen molar-refractivity contribution in [2.75, 3.05) is 31.6 Å². The normalized spacial score (nSPS) is 15.7. The number of likely N-dealkylation sites (tertiary alicyclic amines) is 1. The number of fused-ring (bicyclic) bond motifs is 1. The first-order chi connectivity index (χ1) is 16.7. The van der Waals surface area contributed by atoms with Crippen LogP contribution in [0.5, 0.6) is 0 Å². The van der Waals surface area contributed by atoms with Crippen LogP contribution in [-0.4, -0.2) is 73.3 Å². The molecule has 4 N–H and O–H groups in total. The number of halogens is 3. The van der Waals surface area contributed by atoms with Crippen LogP contribution in [0.25, 0.3) is 22.3 Å². The van der Waals surface area contributed by atoms with Crippen LogP contribution < -0.4 is 5.32 Å². The Morgan fingerprint density at radius 1 is 1.31 bits per heavy atom. The number of carbonyl (C=O) groups is 1. The minimum absolute atomic E-state index is 0.100. The summed E-state index contributed by atoms with van der Waals surface area (Å²) < 4.78 is 39.6. The first-order valence-corrected chi connectivity index (χ1v) is 10.8. The summed E-state index contributed by atoms with van der Waals surface area (Å²) in [6.07, 6.45) is -1.15. The van der Waals surface area contributed by atoms with E-state index in [1.165, 1.54) is 17.3 Å². The number of hydrogen-bond donors (Lipinski definition) is 4. The number of piperidine rings is 1. The lowest BCUT2D eigenvalue weighted by Gasteiger charge is -2.33. The molecule has 0 spiro atoms. The van der Waals surface area contributed by atoms with Gasteiger partial charge in [-0.25, -0.2) is 15.0 Å². The molecule has 10 nitrogen and oxygen atoms in total. The highest BCUT2D eigenvalue weighted by molar-refractivity contribution is 5.94. The maximum absolute atomic E-state index is 13.2. The first kappa shape index (κ1) is 24.4. The van der Waals surface area contributed by atoms with Crippen LogP contribution in [0.2, 0.25) is 0 Å². The molecule has 3 aromatic heterocycles. The fourth-order valence-corrected chi connectivity index (χ4v) is 3.99. The molecule has 1 aliphatic rings. The number of aliphatic hydroxyl groups excluding tert-OH is 2. The van der Waals surface area contributed by atoms with Crippen LogP contribution in [0.4, 0.5) is 19.1 Å². The molecule has 1 amide bonds. The van der Waals surface area contributed by atoms with Crippen LogP contribution in [0, 0.1) is 17.2 Å². The number of rotatable bonds is 6. The Hall–Kier alpha value is -3.76. The smallest absolute Gasteiger partial charge is 0.393 e.